The van der Waals surface area contributed by atoms with Crippen molar-refractivity contribution in [2.24, 2.45) is 11.8 Å². The topological polar surface area (TPSA) is 173 Å². The molecular weight excluding hydrogens is 1040 g/mol. The minimum atomic E-state index is -0.798. The third-order valence-electron chi connectivity index (χ3n) is 16.4. The molecule has 18 heteroatoms. The van der Waals surface area contributed by atoms with Crippen molar-refractivity contribution in [1.29, 1.82) is 0 Å². The number of rotatable bonds is 20. The van der Waals surface area contributed by atoms with E-state index in [-0.39, 0.29) is 36.7 Å². The average Bonchev–Trinajstić information content (AvgIpc) is 4.44. The second kappa shape index (κ2) is 27.4. The highest BCUT2D eigenvalue weighted by Crippen LogP contribution is 2.33. The lowest BCUT2D eigenvalue weighted by Gasteiger charge is -2.31. The zero-order valence-corrected chi connectivity index (χ0v) is 48.7. The number of pyridine rings is 2. The number of carboxylic acid groups (broad SMARTS) is 1. The van der Waals surface area contributed by atoms with E-state index in [2.05, 4.69) is 49.6 Å². The molecule has 6 aromatic rings. The molecule has 4 aliphatic rings. The van der Waals surface area contributed by atoms with E-state index in [4.69, 9.17) is 19.4 Å². The number of alkyl halides is 2. The molecule has 8 heterocycles. The van der Waals surface area contributed by atoms with E-state index < -0.39 is 24.9 Å². The van der Waals surface area contributed by atoms with Gasteiger partial charge in [0.1, 0.15) is 30.6 Å². The van der Waals surface area contributed by atoms with Crippen molar-refractivity contribution in [2.45, 2.75) is 142 Å². The number of carbonyl (C=O) groups is 3. The summed E-state index contributed by atoms with van der Waals surface area (Å²) in [7, 11) is 1.43. The summed E-state index contributed by atoms with van der Waals surface area (Å²) in [6.45, 7) is 15.2. The Hall–Kier alpha value is -7.05. The standard InChI is InChI=1S/C35H46FN5O4.C29H36FN5O2/c1-24-18-30(21-36)38-41(24)31-10-6-8-27(19-31)28(20-32(42)44-5)23-39-17-15-25(22-39)11-13-29-14-12-26-9-7-16-40(33(26)37-29)34(43)45-35(2,3)4;1-20-14-26(17-30)33-35(20)27-6-2-4-23(15-27)24(16-28(36)37)19-34-13-11-21(18-34)7-9-25-10-8-22-5-3-12-31-29(22)32-25/h6,8,10,12,14,18-19,25,28H,7,9,11,13,15-17,20-23H2,1-5H3;2,4,6,8,10,14-15,21,24H,3,5,7,9,11-13,16-19H2,1H3,(H,31,32)(H,36,37)/t25-,28?;21-,24?/m11/s1. The molecule has 0 spiro atoms. The van der Waals surface area contributed by atoms with Crippen molar-refractivity contribution < 1.29 is 37.7 Å². The van der Waals surface area contributed by atoms with E-state index in [1.54, 1.807) is 26.4 Å². The lowest BCUT2D eigenvalue weighted by molar-refractivity contribution is -0.141. The van der Waals surface area contributed by atoms with E-state index in [1.807, 2.05) is 83.1 Å². The molecule has 10 rings (SSSR count). The molecule has 0 aliphatic carbocycles. The Labute approximate surface area is 481 Å². The summed E-state index contributed by atoms with van der Waals surface area (Å²) in [5, 5.41) is 21.8. The number of anilines is 2. The van der Waals surface area contributed by atoms with Gasteiger partial charge < -0.3 is 29.7 Å². The lowest BCUT2D eigenvalue weighted by atomic mass is 9.94. The van der Waals surface area contributed by atoms with Gasteiger partial charge >= 0.3 is 18.0 Å². The molecule has 2 unspecified atom stereocenters. The van der Waals surface area contributed by atoms with Gasteiger partial charge in [0.25, 0.3) is 0 Å². The number of likely N-dealkylation sites (tertiary alicyclic amines) is 2. The van der Waals surface area contributed by atoms with Crippen molar-refractivity contribution in [3.63, 3.8) is 0 Å². The van der Waals surface area contributed by atoms with Crippen LogP contribution < -0.4 is 10.2 Å². The number of hydrogen-bond acceptors (Lipinski definition) is 12. The van der Waals surface area contributed by atoms with Crippen LogP contribution in [0.25, 0.3) is 11.4 Å². The van der Waals surface area contributed by atoms with Crippen LogP contribution in [0.3, 0.4) is 0 Å². The van der Waals surface area contributed by atoms with Gasteiger partial charge in [0.05, 0.1) is 42.7 Å². The molecular formula is C64H82F2N10O6. The molecule has 2 fully saturated rings. The van der Waals surface area contributed by atoms with Gasteiger partial charge in [-0.2, -0.15) is 10.2 Å². The Balaban J connectivity index is 0.000000201. The summed E-state index contributed by atoms with van der Waals surface area (Å²) >= 11 is 0. The number of fused-ring (bicyclic) bond motifs is 2. The monoisotopic (exact) mass is 1120 g/mol. The maximum Gasteiger partial charge on any atom is 0.416 e. The number of amides is 1. The molecule has 1 amide bonds. The fourth-order valence-corrected chi connectivity index (χ4v) is 12.2. The maximum atomic E-state index is 13.2. The smallest absolute Gasteiger partial charge is 0.416 e. The highest BCUT2D eigenvalue weighted by Gasteiger charge is 2.31. The fourth-order valence-electron chi connectivity index (χ4n) is 12.2. The van der Waals surface area contributed by atoms with Crippen molar-refractivity contribution in [3.8, 4) is 11.4 Å². The Morgan fingerprint density at radius 3 is 1.78 bits per heavy atom. The molecule has 2 aromatic carbocycles. The summed E-state index contributed by atoms with van der Waals surface area (Å²) in [6, 6.07) is 28.0. The van der Waals surface area contributed by atoms with Crippen LogP contribution in [0.15, 0.2) is 84.9 Å². The van der Waals surface area contributed by atoms with Crippen LogP contribution in [0.2, 0.25) is 0 Å². The van der Waals surface area contributed by atoms with Gasteiger partial charge in [0.2, 0.25) is 0 Å². The summed E-state index contributed by atoms with van der Waals surface area (Å²) in [5.41, 5.74) is 10.2. The first kappa shape index (κ1) is 59.6. The number of methoxy groups -OCH3 is 1. The van der Waals surface area contributed by atoms with Crippen LogP contribution >= 0.6 is 0 Å². The summed E-state index contributed by atoms with van der Waals surface area (Å²) in [6.07, 6.45) is 10.2. The third-order valence-corrected chi connectivity index (χ3v) is 16.4. The lowest BCUT2D eigenvalue weighted by Crippen LogP contribution is -2.40. The largest absolute Gasteiger partial charge is 0.481 e. The van der Waals surface area contributed by atoms with Gasteiger partial charge in [-0.3, -0.25) is 14.5 Å². The van der Waals surface area contributed by atoms with Crippen LogP contribution in [0.4, 0.5) is 25.2 Å². The molecule has 16 nitrogen and oxygen atoms in total. The molecule has 0 bridgehead atoms. The zero-order valence-electron chi connectivity index (χ0n) is 48.7. The Morgan fingerprint density at radius 1 is 0.695 bits per heavy atom. The third kappa shape index (κ3) is 15.7. The number of benzene rings is 2. The number of halogens is 2. The first-order valence-corrected chi connectivity index (χ1v) is 29.4. The van der Waals surface area contributed by atoms with E-state index in [0.717, 1.165) is 160 Å². The van der Waals surface area contributed by atoms with Gasteiger partial charge in [0.15, 0.2) is 0 Å². The van der Waals surface area contributed by atoms with Crippen LogP contribution in [0.1, 0.15) is 140 Å². The number of ether oxygens (including phenoxy) is 2. The molecule has 82 heavy (non-hydrogen) atoms. The van der Waals surface area contributed by atoms with Gasteiger partial charge in [-0.15, -0.1) is 0 Å². The highest BCUT2D eigenvalue weighted by molar-refractivity contribution is 5.88. The van der Waals surface area contributed by atoms with E-state index in [1.165, 1.54) is 19.1 Å². The maximum absolute atomic E-state index is 13.2. The number of aliphatic carboxylic acids is 1. The number of hydrogen-bond donors (Lipinski definition) is 2. The second-order valence-corrected chi connectivity index (χ2v) is 23.9. The van der Waals surface area contributed by atoms with Crippen LogP contribution in [-0.4, -0.2) is 128 Å². The van der Waals surface area contributed by atoms with Gasteiger partial charge in [0, 0.05) is 73.9 Å². The number of nitrogens with one attached hydrogen (secondary N) is 1. The van der Waals surface area contributed by atoms with Crippen LogP contribution in [-0.2, 0) is 58.1 Å². The molecule has 4 aromatic heterocycles. The van der Waals surface area contributed by atoms with E-state index in [9.17, 15) is 28.3 Å². The summed E-state index contributed by atoms with van der Waals surface area (Å²) < 4.78 is 40.5. The average molecular weight is 1130 g/mol. The predicted molar refractivity (Wildman–Crippen MR) is 314 cm³/mol. The minimum Gasteiger partial charge on any atom is -0.481 e. The van der Waals surface area contributed by atoms with Crippen LogP contribution in [0.5, 0.6) is 0 Å². The quantitative estimate of drug-likeness (QED) is 0.0692. The van der Waals surface area contributed by atoms with Crippen molar-refractivity contribution in [1.82, 2.24) is 39.3 Å². The Morgan fingerprint density at radius 2 is 1.24 bits per heavy atom. The van der Waals surface area contributed by atoms with Crippen molar-refractivity contribution >= 4 is 29.7 Å². The normalized spacial score (nSPS) is 18.0. The second-order valence-electron chi connectivity index (χ2n) is 23.9. The summed E-state index contributed by atoms with van der Waals surface area (Å²) in [5.74, 6) is 1.69. The number of esters is 1. The van der Waals surface area contributed by atoms with Crippen molar-refractivity contribution in [2.75, 3.05) is 69.7 Å². The molecule has 0 saturated carbocycles. The number of aryl methyl sites for hydroxylation is 6. The van der Waals surface area contributed by atoms with E-state index in [0.29, 0.717) is 36.3 Å². The first-order valence-electron chi connectivity index (χ1n) is 29.4. The fraction of sp³-hybridized carbons (Fsp3) is 0.516. The van der Waals surface area contributed by atoms with E-state index >= 15 is 0 Å². The van der Waals surface area contributed by atoms with Crippen molar-refractivity contribution in [3.05, 3.63) is 141 Å². The summed E-state index contributed by atoms with van der Waals surface area (Å²) in [4.78, 5) is 53.4. The molecule has 0 radical (unpaired) electrons. The predicted octanol–water partition coefficient (Wildman–Crippen LogP) is 11.3. The Bertz CT molecular complexity index is 3160. The SMILES string of the molecule is COC(=O)CC(CN1CC[C@@H](CCc2ccc3c(n2)N(C(=O)OC(C)(C)C)CCC3)C1)c1cccc(-n2nc(CF)cc2C)c1.Cc1cc(CF)nn1-c1cccc(C(CC(=O)O)CN2CC[C@@H](CCc3ccc4c(n3)NCCC4)C2)c1. The first-order chi connectivity index (χ1) is 39.5. The zero-order chi connectivity index (χ0) is 57.9. The minimum absolute atomic E-state index is 0.0474. The number of carbonyl (C=O) groups excluding carboxylic acids is 2. The molecule has 2 saturated heterocycles. The molecule has 2 N–H and O–H groups in total. The highest BCUT2D eigenvalue weighted by atomic mass is 19.1. The molecule has 4 aliphatic heterocycles. The van der Waals surface area contributed by atoms with Gasteiger partial charge in [-0.25, -0.2) is 32.9 Å². The van der Waals surface area contributed by atoms with Crippen LogP contribution in [0, 0.1) is 25.7 Å². The van der Waals surface area contributed by atoms with Gasteiger partial charge in [-0.1, -0.05) is 36.4 Å². The number of nitrogens with zero attached hydrogens (tertiary/aromatic N) is 9. The molecule has 438 valence electrons. The number of carboxylic acids is 1. The number of aromatic nitrogens is 6. The molecule has 4 atom stereocenters. The van der Waals surface area contributed by atoms with Gasteiger partial charge in [-0.05, 0) is 195 Å². The Kier molecular flexibility index (Phi) is 19.9.